The molecule has 0 spiro atoms. The lowest BCUT2D eigenvalue weighted by molar-refractivity contribution is -0.179. The van der Waals surface area contributed by atoms with E-state index in [-0.39, 0.29) is 23.3 Å². The lowest BCUT2D eigenvalue weighted by Gasteiger charge is -2.55. The molecule has 0 aromatic heterocycles. The van der Waals surface area contributed by atoms with Gasteiger partial charge in [0.15, 0.2) is 0 Å². The second kappa shape index (κ2) is 18.6. The standard InChI is InChI=1S/C50H70O8/c1-34(2)49(13,33-46(7,8)48(11,12)50(14,44(53)55-16)32-45(4,5)6)43(52)56-35(3)31-47(9,10)58-41-28-22-38(23-29-41)37-20-26-40(27-21-37)57-42(51)30-19-36-17-24-39(54-15)25-18-36/h17-30,34-35H,31-33H2,1-16H3/b30-19+. The molecule has 0 fully saturated rings. The molecule has 58 heavy (non-hydrogen) atoms. The number of ether oxygens (including phenoxy) is 5. The van der Waals surface area contributed by atoms with Crippen LogP contribution in [0.1, 0.15) is 122 Å². The van der Waals surface area contributed by atoms with E-state index < -0.39 is 39.3 Å². The largest absolute Gasteiger partial charge is 0.497 e. The van der Waals surface area contributed by atoms with Crippen molar-refractivity contribution in [2.75, 3.05) is 14.2 Å². The molecule has 0 heterocycles. The molecule has 0 saturated heterocycles. The van der Waals surface area contributed by atoms with E-state index in [1.54, 1.807) is 25.3 Å². The highest BCUT2D eigenvalue weighted by atomic mass is 16.6. The maximum atomic E-state index is 14.2. The van der Waals surface area contributed by atoms with Gasteiger partial charge in [-0.3, -0.25) is 9.59 Å². The predicted octanol–water partition coefficient (Wildman–Crippen LogP) is 12.2. The van der Waals surface area contributed by atoms with Crippen molar-refractivity contribution in [2.45, 2.75) is 128 Å². The van der Waals surface area contributed by atoms with Gasteiger partial charge in [-0.25, -0.2) is 4.79 Å². The summed E-state index contributed by atoms with van der Waals surface area (Å²) in [5.41, 5.74) is -0.559. The van der Waals surface area contributed by atoms with Gasteiger partial charge in [-0.15, -0.1) is 0 Å². The summed E-state index contributed by atoms with van der Waals surface area (Å²) in [4.78, 5) is 40.1. The second-order valence-corrected chi connectivity index (χ2v) is 19.7. The molecular formula is C50H70O8. The molecule has 8 heteroatoms. The van der Waals surface area contributed by atoms with Gasteiger partial charge >= 0.3 is 17.9 Å². The lowest BCUT2D eigenvalue weighted by Crippen LogP contribution is -2.54. The van der Waals surface area contributed by atoms with Crippen molar-refractivity contribution in [2.24, 2.45) is 33.0 Å². The van der Waals surface area contributed by atoms with Crippen LogP contribution in [-0.2, 0) is 23.9 Å². The van der Waals surface area contributed by atoms with Gasteiger partial charge in [0.05, 0.1) is 25.0 Å². The summed E-state index contributed by atoms with van der Waals surface area (Å²) in [7, 11) is 3.06. The van der Waals surface area contributed by atoms with Crippen molar-refractivity contribution in [3.05, 3.63) is 84.4 Å². The maximum absolute atomic E-state index is 14.2. The van der Waals surface area contributed by atoms with Crippen molar-refractivity contribution in [1.82, 2.24) is 0 Å². The van der Waals surface area contributed by atoms with E-state index in [9.17, 15) is 14.4 Å². The van der Waals surface area contributed by atoms with E-state index in [2.05, 4.69) is 62.3 Å². The average Bonchev–Trinajstić information content (AvgIpc) is 3.12. The molecule has 3 unspecified atom stereocenters. The lowest BCUT2D eigenvalue weighted by atomic mass is 9.48. The number of hydrogen-bond acceptors (Lipinski definition) is 8. The highest BCUT2D eigenvalue weighted by Gasteiger charge is 2.59. The quantitative estimate of drug-likeness (QED) is 0.0713. The van der Waals surface area contributed by atoms with Crippen molar-refractivity contribution < 1.29 is 38.1 Å². The Morgan fingerprint density at radius 3 is 1.60 bits per heavy atom. The summed E-state index contributed by atoms with van der Waals surface area (Å²) in [5.74, 6) is 0.924. The fourth-order valence-electron chi connectivity index (χ4n) is 8.10. The van der Waals surface area contributed by atoms with Crippen molar-refractivity contribution >= 4 is 24.0 Å². The third-order valence-electron chi connectivity index (χ3n) is 12.4. The summed E-state index contributed by atoms with van der Waals surface area (Å²) < 4.78 is 28.8. The number of esters is 3. The third kappa shape index (κ3) is 12.0. The maximum Gasteiger partial charge on any atom is 0.336 e. The number of methoxy groups -OCH3 is 2. The SMILES string of the molecule is COC(=O)C(C)(CC(C)(C)C)C(C)(C)C(C)(C)CC(C)(C(=O)OC(C)CC(C)(C)Oc1ccc(-c2ccc(OC(=O)/C=C/c3ccc(OC)cc3)cc2)cc1)C(C)C. The van der Waals surface area contributed by atoms with E-state index in [1.165, 1.54) is 13.2 Å². The minimum atomic E-state index is -0.816. The first-order valence-corrected chi connectivity index (χ1v) is 20.4. The molecule has 3 aromatic rings. The van der Waals surface area contributed by atoms with Gasteiger partial charge in [-0.1, -0.05) is 98.7 Å². The zero-order valence-electron chi connectivity index (χ0n) is 38.1. The van der Waals surface area contributed by atoms with Crippen LogP contribution >= 0.6 is 0 Å². The minimum absolute atomic E-state index is 0.0174. The average molecular weight is 799 g/mol. The van der Waals surface area contributed by atoms with Crippen LogP contribution in [0.25, 0.3) is 17.2 Å². The molecule has 3 atom stereocenters. The third-order valence-corrected chi connectivity index (χ3v) is 12.4. The number of benzene rings is 3. The van der Waals surface area contributed by atoms with Gasteiger partial charge in [0, 0.05) is 12.5 Å². The Balaban J connectivity index is 1.64. The van der Waals surface area contributed by atoms with Gasteiger partial charge in [-0.2, -0.15) is 0 Å². The molecule has 0 saturated carbocycles. The number of hydrogen-bond donors (Lipinski definition) is 0. The Morgan fingerprint density at radius 2 is 1.14 bits per heavy atom. The zero-order valence-corrected chi connectivity index (χ0v) is 38.1. The molecule has 0 aliphatic rings. The molecule has 0 N–H and O–H groups in total. The van der Waals surface area contributed by atoms with E-state index in [1.807, 2.05) is 95.3 Å². The first kappa shape index (κ1) is 47.8. The van der Waals surface area contributed by atoms with Gasteiger partial charge in [0.25, 0.3) is 0 Å². The van der Waals surface area contributed by atoms with E-state index >= 15 is 0 Å². The van der Waals surface area contributed by atoms with Gasteiger partial charge in [0.1, 0.15) is 29.0 Å². The summed E-state index contributed by atoms with van der Waals surface area (Å²) in [5, 5.41) is 0. The molecule has 0 bridgehead atoms. The highest BCUT2D eigenvalue weighted by molar-refractivity contribution is 5.88. The molecule has 0 amide bonds. The van der Waals surface area contributed by atoms with Crippen LogP contribution in [0.5, 0.6) is 17.2 Å². The molecular weight excluding hydrogens is 729 g/mol. The molecule has 0 radical (unpaired) electrons. The van der Waals surface area contributed by atoms with Crippen LogP contribution in [-0.4, -0.2) is 43.8 Å². The monoisotopic (exact) mass is 799 g/mol. The van der Waals surface area contributed by atoms with E-state index in [0.29, 0.717) is 30.8 Å². The fourth-order valence-corrected chi connectivity index (χ4v) is 8.10. The summed E-state index contributed by atoms with van der Waals surface area (Å²) in [6, 6.07) is 22.5. The van der Waals surface area contributed by atoms with Crippen molar-refractivity contribution in [3.63, 3.8) is 0 Å². The van der Waals surface area contributed by atoms with Gasteiger partial charge in [0.2, 0.25) is 0 Å². The Hall–Kier alpha value is -4.59. The Labute approximate surface area is 349 Å². The van der Waals surface area contributed by atoms with Gasteiger partial charge in [-0.05, 0) is 129 Å². The van der Waals surface area contributed by atoms with E-state index in [4.69, 9.17) is 23.7 Å². The topological polar surface area (TPSA) is 97.4 Å². The molecule has 8 nitrogen and oxygen atoms in total. The first-order chi connectivity index (χ1) is 26.7. The van der Waals surface area contributed by atoms with Crippen molar-refractivity contribution in [1.29, 1.82) is 0 Å². The Bertz CT molecular complexity index is 1860. The molecule has 3 aromatic carbocycles. The minimum Gasteiger partial charge on any atom is -0.497 e. The highest BCUT2D eigenvalue weighted by Crippen LogP contribution is 2.60. The zero-order chi connectivity index (χ0) is 43.9. The number of carbonyl (C=O) groups is 3. The molecule has 318 valence electrons. The summed E-state index contributed by atoms with van der Waals surface area (Å²) >= 11 is 0. The van der Waals surface area contributed by atoms with Crippen LogP contribution in [0, 0.1) is 33.0 Å². The van der Waals surface area contributed by atoms with Crippen LogP contribution < -0.4 is 14.2 Å². The van der Waals surface area contributed by atoms with Crippen molar-refractivity contribution in [3.8, 4) is 28.4 Å². The molecule has 0 aliphatic carbocycles. The van der Waals surface area contributed by atoms with Crippen LogP contribution in [0.2, 0.25) is 0 Å². The van der Waals surface area contributed by atoms with Crippen LogP contribution in [0.4, 0.5) is 0 Å². The fraction of sp³-hybridized carbons (Fsp3) is 0.540. The number of carbonyl (C=O) groups excluding carboxylic acids is 3. The van der Waals surface area contributed by atoms with E-state index in [0.717, 1.165) is 22.4 Å². The van der Waals surface area contributed by atoms with Gasteiger partial charge < -0.3 is 23.7 Å². The normalized spacial score (nSPS) is 15.3. The smallest absolute Gasteiger partial charge is 0.336 e. The first-order valence-electron chi connectivity index (χ1n) is 20.4. The molecule has 0 aliphatic heterocycles. The second-order valence-electron chi connectivity index (χ2n) is 19.7. The van der Waals surface area contributed by atoms with Crippen LogP contribution in [0.3, 0.4) is 0 Å². The summed E-state index contributed by atoms with van der Waals surface area (Å²) in [6.07, 6.45) is 4.31. The Morgan fingerprint density at radius 1 is 0.638 bits per heavy atom. The Kier molecular flexibility index (Phi) is 15.3. The predicted molar refractivity (Wildman–Crippen MR) is 234 cm³/mol. The molecule has 3 rings (SSSR count). The van der Waals surface area contributed by atoms with Crippen LogP contribution in [0.15, 0.2) is 78.9 Å². The number of rotatable bonds is 18. The summed E-state index contributed by atoms with van der Waals surface area (Å²) in [6.45, 7) is 29.1.